The summed E-state index contributed by atoms with van der Waals surface area (Å²) < 4.78 is 33.1. The van der Waals surface area contributed by atoms with E-state index in [-0.39, 0.29) is 10.8 Å². The predicted octanol–water partition coefficient (Wildman–Crippen LogP) is 3.87. The van der Waals surface area contributed by atoms with E-state index >= 15 is 0 Å². The van der Waals surface area contributed by atoms with E-state index in [0.29, 0.717) is 24.8 Å². The molecule has 1 fully saturated rings. The van der Waals surface area contributed by atoms with Gasteiger partial charge in [-0.15, -0.1) is 0 Å². The van der Waals surface area contributed by atoms with Crippen molar-refractivity contribution >= 4 is 21.6 Å². The Labute approximate surface area is 185 Å². The molecule has 0 aliphatic heterocycles. The van der Waals surface area contributed by atoms with Crippen molar-refractivity contribution in [2.24, 2.45) is 5.92 Å². The second-order valence-corrected chi connectivity index (χ2v) is 10.3. The highest BCUT2D eigenvalue weighted by Gasteiger charge is 2.50. The van der Waals surface area contributed by atoms with Gasteiger partial charge in [0.2, 0.25) is 5.91 Å². The predicted molar refractivity (Wildman–Crippen MR) is 123 cm³/mol. The van der Waals surface area contributed by atoms with Gasteiger partial charge in [0.05, 0.1) is 10.3 Å². The molecule has 0 spiro atoms. The van der Waals surface area contributed by atoms with Crippen molar-refractivity contribution in [2.45, 2.75) is 49.8 Å². The van der Waals surface area contributed by atoms with E-state index in [1.165, 1.54) is 0 Å². The van der Waals surface area contributed by atoms with E-state index in [4.69, 9.17) is 4.74 Å². The maximum Gasteiger partial charge on any atom is 0.261 e. The van der Waals surface area contributed by atoms with Gasteiger partial charge in [0, 0.05) is 25.9 Å². The molecule has 7 heteroatoms. The molecule has 2 aromatic carbocycles. The Hall–Kier alpha value is -2.38. The summed E-state index contributed by atoms with van der Waals surface area (Å²) in [6.45, 7) is 5.46. The number of methoxy groups -OCH3 is 1. The van der Waals surface area contributed by atoms with E-state index in [0.717, 1.165) is 36.8 Å². The molecule has 6 nitrogen and oxygen atoms in total. The van der Waals surface area contributed by atoms with Crippen LogP contribution in [0.2, 0.25) is 0 Å². The summed E-state index contributed by atoms with van der Waals surface area (Å²) >= 11 is 0. The lowest BCUT2D eigenvalue weighted by molar-refractivity contribution is -0.123. The molecule has 0 atom stereocenters. The average Bonchev–Trinajstić information content (AvgIpc) is 3.53. The van der Waals surface area contributed by atoms with Crippen molar-refractivity contribution in [1.29, 1.82) is 0 Å². The Morgan fingerprint density at radius 1 is 1.06 bits per heavy atom. The normalized spacial score (nSPS) is 15.0. The molecule has 31 heavy (non-hydrogen) atoms. The molecule has 0 saturated heterocycles. The van der Waals surface area contributed by atoms with Gasteiger partial charge in [-0.2, -0.15) is 0 Å². The van der Waals surface area contributed by atoms with Crippen LogP contribution < -0.4 is 10.0 Å². The number of carbonyl (C=O) groups excluding carboxylic acids is 1. The van der Waals surface area contributed by atoms with Gasteiger partial charge in [0.1, 0.15) is 0 Å². The summed E-state index contributed by atoms with van der Waals surface area (Å²) in [6, 6.07) is 14.1. The quantitative estimate of drug-likeness (QED) is 0.515. The molecule has 1 aliphatic carbocycles. The van der Waals surface area contributed by atoms with E-state index in [2.05, 4.69) is 23.9 Å². The van der Waals surface area contributed by atoms with Crippen molar-refractivity contribution in [3.8, 4) is 0 Å². The molecule has 1 aliphatic rings. The third-order valence-corrected chi connectivity index (χ3v) is 6.96. The lowest BCUT2D eigenvalue weighted by Gasteiger charge is -2.16. The van der Waals surface area contributed by atoms with Crippen LogP contribution in [0.25, 0.3) is 0 Å². The molecule has 0 bridgehead atoms. The Morgan fingerprint density at radius 3 is 2.26 bits per heavy atom. The third-order valence-electron chi connectivity index (χ3n) is 5.56. The number of ether oxygens (including phenoxy) is 1. The lowest BCUT2D eigenvalue weighted by Crippen LogP contribution is -2.35. The Morgan fingerprint density at radius 2 is 1.71 bits per heavy atom. The summed E-state index contributed by atoms with van der Waals surface area (Å²) in [7, 11) is -2.03. The van der Waals surface area contributed by atoms with Crippen LogP contribution in [0.1, 0.15) is 44.2 Å². The fourth-order valence-electron chi connectivity index (χ4n) is 3.71. The zero-order chi connectivity index (χ0) is 22.5. The van der Waals surface area contributed by atoms with Gasteiger partial charge < -0.3 is 10.1 Å². The average molecular weight is 445 g/mol. The maximum atomic E-state index is 12.7. The number of sulfonamides is 1. The fraction of sp³-hybridized carbons (Fsp3) is 0.458. The smallest absolute Gasteiger partial charge is 0.261 e. The first-order valence-electron chi connectivity index (χ1n) is 10.8. The lowest BCUT2D eigenvalue weighted by atomic mass is 9.95. The summed E-state index contributed by atoms with van der Waals surface area (Å²) in [4.78, 5) is 12.9. The number of rotatable bonds is 11. The van der Waals surface area contributed by atoms with Gasteiger partial charge in [-0.05, 0) is 67.0 Å². The minimum Gasteiger partial charge on any atom is -0.385 e. The minimum absolute atomic E-state index is 0.0263. The topological polar surface area (TPSA) is 84.5 Å². The first-order chi connectivity index (χ1) is 14.8. The SMILES string of the molecule is COCCCNC(=O)C1(c2ccc(NS(=O)(=O)c3ccc(CC(C)C)cc3)cc2)CC1. The first-order valence-corrected chi connectivity index (χ1v) is 12.2. The Balaban J connectivity index is 1.64. The minimum atomic E-state index is -3.67. The number of benzene rings is 2. The van der Waals surface area contributed by atoms with Crippen LogP contribution in [0.5, 0.6) is 0 Å². The van der Waals surface area contributed by atoms with Gasteiger partial charge >= 0.3 is 0 Å². The van der Waals surface area contributed by atoms with Crippen LogP contribution in [-0.2, 0) is 31.4 Å². The monoisotopic (exact) mass is 444 g/mol. The van der Waals surface area contributed by atoms with Gasteiger partial charge in [0.15, 0.2) is 0 Å². The van der Waals surface area contributed by atoms with Crippen molar-refractivity contribution in [2.75, 3.05) is 25.0 Å². The molecule has 0 heterocycles. The number of nitrogens with one attached hydrogen (secondary N) is 2. The Bertz CT molecular complexity index is 979. The van der Waals surface area contributed by atoms with Crippen LogP contribution in [0.3, 0.4) is 0 Å². The largest absolute Gasteiger partial charge is 0.385 e. The second kappa shape index (κ2) is 9.83. The van der Waals surface area contributed by atoms with E-state index in [1.54, 1.807) is 31.4 Å². The molecule has 0 aromatic heterocycles. The molecule has 0 radical (unpaired) electrons. The molecular weight excluding hydrogens is 412 g/mol. The summed E-state index contributed by atoms with van der Waals surface area (Å²) in [5, 5.41) is 2.98. The molecule has 0 unspecified atom stereocenters. The molecule has 2 aromatic rings. The van der Waals surface area contributed by atoms with Crippen LogP contribution in [0, 0.1) is 5.92 Å². The number of amides is 1. The molecule has 2 N–H and O–H groups in total. The van der Waals surface area contributed by atoms with Crippen LogP contribution in [0.4, 0.5) is 5.69 Å². The van der Waals surface area contributed by atoms with Gasteiger partial charge in [-0.25, -0.2) is 8.42 Å². The van der Waals surface area contributed by atoms with E-state index in [1.807, 2.05) is 24.3 Å². The van der Waals surface area contributed by atoms with Crippen molar-refractivity contribution < 1.29 is 17.9 Å². The van der Waals surface area contributed by atoms with Crippen LogP contribution >= 0.6 is 0 Å². The molecule has 3 rings (SSSR count). The highest BCUT2D eigenvalue weighted by atomic mass is 32.2. The molecule has 168 valence electrons. The zero-order valence-corrected chi connectivity index (χ0v) is 19.3. The summed E-state index contributed by atoms with van der Waals surface area (Å²) in [6.07, 6.45) is 3.29. The van der Waals surface area contributed by atoms with Gasteiger partial charge in [-0.3, -0.25) is 9.52 Å². The van der Waals surface area contributed by atoms with Crippen LogP contribution in [-0.4, -0.2) is 34.6 Å². The number of hydrogen-bond donors (Lipinski definition) is 2. The van der Waals surface area contributed by atoms with Crippen molar-refractivity contribution in [3.63, 3.8) is 0 Å². The fourth-order valence-corrected chi connectivity index (χ4v) is 4.77. The molecular formula is C24H32N2O4S. The van der Waals surface area contributed by atoms with Crippen molar-refractivity contribution in [1.82, 2.24) is 5.32 Å². The van der Waals surface area contributed by atoms with E-state index < -0.39 is 15.4 Å². The summed E-state index contributed by atoms with van der Waals surface area (Å²) in [5.41, 5.74) is 2.02. The van der Waals surface area contributed by atoms with Gasteiger partial charge in [-0.1, -0.05) is 38.1 Å². The number of anilines is 1. The number of carbonyl (C=O) groups is 1. The van der Waals surface area contributed by atoms with Crippen LogP contribution in [0.15, 0.2) is 53.4 Å². The van der Waals surface area contributed by atoms with Gasteiger partial charge in [0.25, 0.3) is 10.0 Å². The Kier molecular flexibility index (Phi) is 7.38. The molecule has 1 amide bonds. The maximum absolute atomic E-state index is 12.7. The highest BCUT2D eigenvalue weighted by molar-refractivity contribution is 7.92. The van der Waals surface area contributed by atoms with Crippen molar-refractivity contribution in [3.05, 3.63) is 59.7 Å². The third kappa shape index (κ3) is 5.86. The highest BCUT2D eigenvalue weighted by Crippen LogP contribution is 2.48. The summed E-state index contributed by atoms with van der Waals surface area (Å²) in [5.74, 6) is 0.541. The molecule has 1 saturated carbocycles. The standard InChI is InChI=1S/C24H32N2O4S/c1-18(2)17-19-5-11-22(12-6-19)31(28,29)26-21-9-7-20(8-10-21)24(13-14-24)23(27)25-15-4-16-30-3/h5-12,18,26H,4,13-17H2,1-3H3,(H,25,27). The zero-order valence-electron chi connectivity index (χ0n) is 18.5. The first kappa shape index (κ1) is 23.3. The number of hydrogen-bond acceptors (Lipinski definition) is 4. The second-order valence-electron chi connectivity index (χ2n) is 8.61. The van der Waals surface area contributed by atoms with E-state index in [9.17, 15) is 13.2 Å².